The molecule has 0 bridgehead atoms. The Bertz CT molecular complexity index is 328. The number of hydrogen-bond acceptors (Lipinski definition) is 3. The fourth-order valence-corrected chi connectivity index (χ4v) is 3.80. The van der Waals surface area contributed by atoms with E-state index in [2.05, 4.69) is 16.8 Å². The van der Waals surface area contributed by atoms with E-state index >= 15 is 0 Å². The highest BCUT2D eigenvalue weighted by atomic mass is 16.3. The summed E-state index contributed by atoms with van der Waals surface area (Å²) >= 11 is 0. The molecular weight excluding hydrogens is 308 g/mol. The van der Waals surface area contributed by atoms with Gasteiger partial charge in [-0.1, -0.05) is 96.8 Å². The Morgan fingerprint density at radius 2 is 1.24 bits per heavy atom. The number of aliphatic imine (C=N–C) groups is 1. The van der Waals surface area contributed by atoms with Crippen LogP contribution in [-0.4, -0.2) is 41.6 Å². The second-order valence-electron chi connectivity index (χ2n) is 7.85. The Kier molecular flexibility index (Phi) is 14.1. The molecule has 0 aliphatic carbocycles. The summed E-state index contributed by atoms with van der Waals surface area (Å²) in [6.07, 6.45) is 20.7. The SMILES string of the molecule is CCCCCCCCCCCCCCCCCN1CCN=C1C(C)O. The van der Waals surface area contributed by atoms with Gasteiger partial charge in [0.2, 0.25) is 0 Å². The molecule has 1 heterocycles. The van der Waals surface area contributed by atoms with Gasteiger partial charge in [-0.05, 0) is 13.3 Å². The molecule has 0 fully saturated rings. The monoisotopic (exact) mass is 352 g/mol. The standard InChI is InChI=1S/C22H44N2O/c1-3-4-5-6-7-8-9-10-11-12-13-14-15-16-17-19-24-20-18-23-22(24)21(2)25/h21,25H,3-20H2,1-2H3. The summed E-state index contributed by atoms with van der Waals surface area (Å²) in [5.41, 5.74) is 0. The third-order valence-electron chi connectivity index (χ3n) is 5.37. The first-order valence-electron chi connectivity index (χ1n) is 11.2. The number of nitrogens with zero attached hydrogens (tertiary/aromatic N) is 2. The number of hydrogen-bond donors (Lipinski definition) is 1. The average molecular weight is 353 g/mol. The minimum absolute atomic E-state index is 0.404. The summed E-state index contributed by atoms with van der Waals surface area (Å²) in [4.78, 5) is 6.67. The van der Waals surface area contributed by atoms with Gasteiger partial charge in [-0.2, -0.15) is 0 Å². The van der Waals surface area contributed by atoms with Gasteiger partial charge >= 0.3 is 0 Å². The van der Waals surface area contributed by atoms with Crippen LogP contribution in [0.2, 0.25) is 0 Å². The van der Waals surface area contributed by atoms with Crippen LogP contribution < -0.4 is 0 Å². The van der Waals surface area contributed by atoms with E-state index < -0.39 is 6.10 Å². The molecule has 0 aromatic rings. The molecule has 148 valence electrons. The van der Waals surface area contributed by atoms with Gasteiger partial charge in [0.1, 0.15) is 11.9 Å². The number of aliphatic hydroxyl groups excluding tert-OH is 1. The van der Waals surface area contributed by atoms with E-state index in [9.17, 15) is 5.11 Å². The van der Waals surface area contributed by atoms with Gasteiger partial charge in [0, 0.05) is 13.1 Å². The minimum atomic E-state index is -0.404. The zero-order valence-corrected chi connectivity index (χ0v) is 17.1. The minimum Gasteiger partial charge on any atom is -0.385 e. The molecule has 0 saturated carbocycles. The fourth-order valence-electron chi connectivity index (χ4n) is 3.80. The average Bonchev–Trinajstić information content (AvgIpc) is 3.07. The normalized spacial score (nSPS) is 15.6. The number of unbranched alkanes of at least 4 members (excludes halogenated alkanes) is 14. The van der Waals surface area contributed by atoms with E-state index in [4.69, 9.17) is 0 Å². The predicted molar refractivity (Wildman–Crippen MR) is 110 cm³/mol. The summed E-state index contributed by atoms with van der Waals surface area (Å²) in [5, 5.41) is 9.68. The third-order valence-corrected chi connectivity index (χ3v) is 5.37. The molecule has 0 saturated heterocycles. The van der Waals surface area contributed by atoms with Crippen molar-refractivity contribution in [1.29, 1.82) is 0 Å². The van der Waals surface area contributed by atoms with Gasteiger partial charge in [-0.15, -0.1) is 0 Å². The van der Waals surface area contributed by atoms with Crippen molar-refractivity contribution in [2.24, 2.45) is 4.99 Å². The number of aliphatic hydroxyl groups is 1. The fraction of sp³-hybridized carbons (Fsp3) is 0.955. The molecule has 1 aliphatic rings. The molecule has 3 heteroatoms. The highest BCUT2D eigenvalue weighted by Crippen LogP contribution is 2.14. The molecule has 1 rings (SSSR count). The van der Waals surface area contributed by atoms with Crippen molar-refractivity contribution in [3.63, 3.8) is 0 Å². The van der Waals surface area contributed by atoms with Crippen LogP contribution in [0, 0.1) is 0 Å². The summed E-state index contributed by atoms with van der Waals surface area (Å²) in [5.74, 6) is 0.908. The van der Waals surface area contributed by atoms with Gasteiger partial charge in [-0.3, -0.25) is 4.99 Å². The van der Waals surface area contributed by atoms with E-state index in [-0.39, 0.29) is 0 Å². The Balaban J connectivity index is 1.77. The van der Waals surface area contributed by atoms with Crippen LogP contribution in [0.1, 0.15) is 110 Å². The Morgan fingerprint density at radius 3 is 1.68 bits per heavy atom. The van der Waals surface area contributed by atoms with Gasteiger partial charge in [0.25, 0.3) is 0 Å². The largest absolute Gasteiger partial charge is 0.385 e. The summed E-state index contributed by atoms with van der Waals surface area (Å²) in [7, 11) is 0. The predicted octanol–water partition coefficient (Wildman–Crippen LogP) is 5.95. The van der Waals surface area contributed by atoms with Gasteiger partial charge in [-0.25, -0.2) is 0 Å². The summed E-state index contributed by atoms with van der Waals surface area (Å²) in [6.45, 7) is 7.04. The van der Waals surface area contributed by atoms with Gasteiger partial charge in [0.05, 0.1) is 6.54 Å². The zero-order valence-electron chi connectivity index (χ0n) is 17.1. The van der Waals surface area contributed by atoms with E-state index in [1.54, 1.807) is 0 Å². The first-order chi connectivity index (χ1) is 12.3. The number of amidine groups is 1. The summed E-state index contributed by atoms with van der Waals surface area (Å²) in [6, 6.07) is 0. The second-order valence-corrected chi connectivity index (χ2v) is 7.85. The van der Waals surface area contributed by atoms with E-state index in [1.807, 2.05) is 6.92 Å². The third kappa shape index (κ3) is 11.6. The van der Waals surface area contributed by atoms with Crippen LogP contribution in [0.5, 0.6) is 0 Å². The van der Waals surface area contributed by atoms with Crippen LogP contribution in [0.25, 0.3) is 0 Å². The zero-order chi connectivity index (χ0) is 18.2. The lowest BCUT2D eigenvalue weighted by atomic mass is 10.0. The molecular formula is C22H44N2O. The van der Waals surface area contributed by atoms with Crippen molar-refractivity contribution in [2.75, 3.05) is 19.6 Å². The molecule has 1 unspecified atom stereocenters. The maximum Gasteiger partial charge on any atom is 0.128 e. The maximum atomic E-state index is 9.68. The molecule has 0 amide bonds. The first kappa shape index (κ1) is 22.5. The lowest BCUT2D eigenvalue weighted by Crippen LogP contribution is -2.35. The van der Waals surface area contributed by atoms with E-state index in [0.717, 1.165) is 25.5 Å². The molecule has 3 nitrogen and oxygen atoms in total. The van der Waals surface area contributed by atoms with Crippen LogP contribution in [0.15, 0.2) is 4.99 Å². The molecule has 0 aromatic heterocycles. The maximum absolute atomic E-state index is 9.68. The second kappa shape index (κ2) is 15.7. The van der Waals surface area contributed by atoms with Crippen molar-refractivity contribution in [2.45, 2.75) is 116 Å². The Labute approximate surface area is 157 Å². The molecule has 0 spiro atoms. The smallest absolute Gasteiger partial charge is 0.128 e. The van der Waals surface area contributed by atoms with Crippen molar-refractivity contribution in [3.8, 4) is 0 Å². The van der Waals surface area contributed by atoms with Gasteiger partial charge < -0.3 is 10.0 Å². The first-order valence-corrected chi connectivity index (χ1v) is 11.2. The Hall–Kier alpha value is -0.570. The molecule has 1 N–H and O–H groups in total. The van der Waals surface area contributed by atoms with Crippen molar-refractivity contribution < 1.29 is 5.11 Å². The molecule has 0 aromatic carbocycles. The van der Waals surface area contributed by atoms with Crippen molar-refractivity contribution in [3.05, 3.63) is 0 Å². The van der Waals surface area contributed by atoms with Crippen LogP contribution in [0.4, 0.5) is 0 Å². The molecule has 25 heavy (non-hydrogen) atoms. The van der Waals surface area contributed by atoms with Crippen molar-refractivity contribution in [1.82, 2.24) is 4.90 Å². The van der Waals surface area contributed by atoms with E-state index in [0.29, 0.717) is 0 Å². The van der Waals surface area contributed by atoms with Crippen LogP contribution in [-0.2, 0) is 0 Å². The Morgan fingerprint density at radius 1 is 0.800 bits per heavy atom. The van der Waals surface area contributed by atoms with Crippen LogP contribution >= 0.6 is 0 Å². The highest BCUT2D eigenvalue weighted by Gasteiger charge is 2.19. The lowest BCUT2D eigenvalue weighted by molar-refractivity contribution is 0.242. The highest BCUT2D eigenvalue weighted by molar-refractivity contribution is 5.87. The summed E-state index contributed by atoms with van der Waals surface area (Å²) < 4.78 is 0. The van der Waals surface area contributed by atoms with Crippen LogP contribution in [0.3, 0.4) is 0 Å². The molecule has 1 aliphatic heterocycles. The topological polar surface area (TPSA) is 35.8 Å². The van der Waals surface area contributed by atoms with Gasteiger partial charge in [0.15, 0.2) is 0 Å². The quantitative estimate of drug-likeness (QED) is 0.328. The lowest BCUT2D eigenvalue weighted by Gasteiger charge is -2.21. The van der Waals surface area contributed by atoms with Crippen molar-refractivity contribution >= 4 is 5.84 Å². The van der Waals surface area contributed by atoms with E-state index in [1.165, 1.54) is 96.3 Å². The number of rotatable bonds is 17. The molecule has 0 radical (unpaired) electrons. The molecule has 1 atom stereocenters.